The van der Waals surface area contributed by atoms with Crippen molar-refractivity contribution in [3.05, 3.63) is 166 Å². The number of nitrogens with two attached hydrogens (primary N) is 2. The topological polar surface area (TPSA) is 679 Å². The summed E-state index contributed by atoms with van der Waals surface area (Å²) in [7, 11) is -0.495. The minimum Gasteiger partial charge on any atom is -0.387 e. The Bertz CT molecular complexity index is 5950. The third-order valence-electron chi connectivity index (χ3n) is 22.4. The molecule has 137 heavy (non-hydrogen) atoms. The fourth-order valence-corrected chi connectivity index (χ4v) is 22.3. The Balaban J connectivity index is 0.822. The van der Waals surface area contributed by atoms with E-state index < -0.39 is 267 Å². The Morgan fingerprint density at radius 1 is 0.431 bits per heavy atom. The number of rotatable bonds is 48. The summed E-state index contributed by atoms with van der Waals surface area (Å²) in [5.74, 6) is -0.628. The number of ether oxygens (including phenoxy) is 14. The molecule has 54 nitrogen and oxygen atoms in total. The minimum absolute atomic E-state index is 0.00446. The van der Waals surface area contributed by atoms with Crippen LogP contribution in [0.1, 0.15) is 92.1 Å². The van der Waals surface area contributed by atoms with E-state index in [-0.39, 0.29) is 98.0 Å². The lowest BCUT2D eigenvalue weighted by Crippen LogP contribution is -2.48. The van der Waals surface area contributed by atoms with Gasteiger partial charge in [-0.05, 0) is 95.2 Å². The number of methoxy groups -OCH3 is 4. The molecule has 14 N–H and O–H groups in total. The maximum atomic E-state index is 15.3. The van der Waals surface area contributed by atoms with Gasteiger partial charge < -0.3 is 145 Å². The fraction of sp³-hybridized carbons (Fsp3) is 0.662. The highest BCUT2D eigenvalue weighted by Gasteiger charge is 2.57. The number of phosphoric ester groups is 1. The molecule has 9 unspecified atom stereocenters. The van der Waals surface area contributed by atoms with E-state index in [2.05, 4.69) is 36.8 Å². The first-order chi connectivity index (χ1) is 64.7. The van der Waals surface area contributed by atoms with E-state index in [9.17, 15) is 72.7 Å². The molecule has 27 atom stereocenters. The predicted octanol–water partition coefficient (Wildman–Crippen LogP) is -1.47. The van der Waals surface area contributed by atoms with E-state index in [0.717, 1.165) is 30.7 Å². The number of carbonyl (C=O) groups is 1. The van der Waals surface area contributed by atoms with Crippen LogP contribution in [0.4, 0.5) is 11.6 Å². The van der Waals surface area contributed by atoms with Gasteiger partial charge in [-0.25, -0.2) is 28.5 Å². The zero-order valence-electron chi connectivity index (χ0n) is 75.4. The number of hydrogen-bond acceptors (Lipinski definition) is 44. The summed E-state index contributed by atoms with van der Waals surface area (Å²) in [5.41, 5.74) is 5.58. The molecule has 6 fully saturated rings. The predicted molar refractivity (Wildman–Crippen MR) is 487 cm³/mol. The van der Waals surface area contributed by atoms with Crippen molar-refractivity contribution in [3.63, 3.8) is 0 Å². The molecule has 5 aromatic heterocycles. The van der Waals surface area contributed by atoms with Gasteiger partial charge in [-0.15, -0.1) is 0 Å². The van der Waals surface area contributed by atoms with Gasteiger partial charge >= 0.3 is 63.1 Å². The third-order valence-corrected chi connectivity index (χ3v) is 29.7. The van der Waals surface area contributed by atoms with Crippen molar-refractivity contribution in [2.75, 3.05) is 126 Å². The number of aliphatic hydroxyl groups is 1. The summed E-state index contributed by atoms with van der Waals surface area (Å²) >= 11 is 22.6. The number of aromatic amines is 3. The Kier molecular flexibility index (Phi) is 37.7. The van der Waals surface area contributed by atoms with Crippen molar-refractivity contribution in [1.29, 1.82) is 0 Å². The Hall–Kier alpha value is -6.22. The van der Waals surface area contributed by atoms with Gasteiger partial charge in [0.1, 0.15) is 109 Å². The van der Waals surface area contributed by atoms with Crippen molar-refractivity contribution in [2.45, 2.75) is 203 Å². The highest BCUT2D eigenvalue weighted by atomic mass is 32.5. The normalized spacial score (nSPS) is 30.2. The average Bonchev–Trinajstić information content (AvgIpc) is 1.62. The van der Waals surface area contributed by atoms with E-state index in [4.69, 9.17) is 170 Å². The van der Waals surface area contributed by atoms with Gasteiger partial charge in [-0.3, -0.25) is 75.1 Å². The summed E-state index contributed by atoms with van der Waals surface area (Å²) in [5, 5.41) is 14.4. The van der Waals surface area contributed by atoms with Crippen molar-refractivity contribution in [3.8, 4) is 0 Å². The Labute approximate surface area is 798 Å². The molecule has 0 saturated carbocycles. The Morgan fingerprint density at radius 2 is 0.774 bits per heavy atom. The summed E-state index contributed by atoms with van der Waals surface area (Å²) < 4.78 is 165. The average molecular weight is 2120 g/mol. The van der Waals surface area contributed by atoms with Crippen LogP contribution in [0.3, 0.4) is 0 Å². The number of aryl methyl sites for hydroxylation is 5. The highest BCUT2D eigenvalue weighted by molar-refractivity contribution is 8.08. The number of H-pyrrole nitrogens is 3. The molecule has 0 spiro atoms. The standard InChI is InChI=1S/C74H109N14O40P5S4/c1-13-42-43(22-50(118-42)84-24-35(2)60(75)78-70(84)94)124-130(101,134)114-30-45-44(23-51(119-45)85-27-38(5)63(91)80-72(85)96)125-131(102,135)116-33-48-53(57(110-19-15-106-10)67(122-48)87-28-39(6)64(92)81-73(87)97)126-129(99,100)113-32-47-54(58(111-20-16-107-11)68(121-47)86-25-36(3)61(76)79-71(86)95)127-133(104,137)117-34-49-55(59(112-21-17-108-12)69(123-49)88-29-40(7)65(93)82-74(88)98)128-132(103,136)115-31-46-52(89)56(109-18-14-105-9)66(120-46)83-26-37(4)62(90)77-41(83)8/h24-29,42-59,66-69,89H,8,13-23,30-34H2,1-7,9-12H3,(H,77,90)(H,99,100)(H,101,134)(H,102,135)(H,103,136)(H,104,137)(H2,75,78,94)(H2,76,79,95)(H,80,91,96)(H,81,92,97)(H,82,93,98)/t42-,43-,44-,45-,46-,47-,48-,49-,50-,51-,52+,53+,54+,55+,56?,57?,58?,59?,66-,67-,68-,69-,130?,131?,132?,133?/m1/s1. The maximum Gasteiger partial charge on any atom is 0.472 e. The van der Waals surface area contributed by atoms with Crippen LogP contribution in [0.15, 0.2) is 93.5 Å². The van der Waals surface area contributed by atoms with Gasteiger partial charge in [-0.2, -0.15) is 9.97 Å². The number of aromatic nitrogens is 10. The van der Waals surface area contributed by atoms with Gasteiger partial charge in [0.15, 0.2) is 24.9 Å². The minimum atomic E-state index is -5.88. The van der Waals surface area contributed by atoms with Crippen LogP contribution in [-0.4, -0.2) is 306 Å². The van der Waals surface area contributed by atoms with E-state index in [1.165, 1.54) is 97.3 Å². The summed E-state index contributed by atoms with van der Waals surface area (Å²) in [6.45, 7) is -10.9. The second kappa shape index (κ2) is 47.1. The van der Waals surface area contributed by atoms with Gasteiger partial charge in [0, 0.05) is 112 Å². The van der Waals surface area contributed by atoms with Crippen LogP contribution < -0.4 is 61.9 Å². The fourth-order valence-electron chi connectivity index (χ4n) is 15.5. The molecular formula is C74H109N14O40P5S4. The summed E-state index contributed by atoms with van der Waals surface area (Å²) in [6.07, 6.45) is -26.5. The van der Waals surface area contributed by atoms with Gasteiger partial charge in [0.05, 0.1) is 104 Å². The first-order valence-corrected chi connectivity index (χ1v) is 54.0. The van der Waals surface area contributed by atoms with Crippen molar-refractivity contribution in [2.24, 2.45) is 0 Å². The molecule has 12 heterocycles. The highest BCUT2D eigenvalue weighted by Crippen LogP contribution is 2.57. The van der Waals surface area contributed by atoms with E-state index in [1.807, 2.05) is 0 Å². The van der Waals surface area contributed by atoms with Gasteiger partial charge in [-0.1, -0.05) is 13.5 Å². The molecule has 0 radical (unpaired) electrons. The van der Waals surface area contributed by atoms with Crippen LogP contribution in [0, 0.1) is 34.6 Å². The largest absolute Gasteiger partial charge is 0.472 e. The zero-order valence-corrected chi connectivity index (χ0v) is 83.1. The second-order valence-corrected chi connectivity index (χ2v) is 44.6. The monoisotopic (exact) mass is 2120 g/mol. The number of anilines is 2. The van der Waals surface area contributed by atoms with Gasteiger partial charge in [0.2, 0.25) is 0 Å². The van der Waals surface area contributed by atoms with Crippen LogP contribution in [0.2, 0.25) is 0 Å². The number of phosphoric acid groups is 1. The summed E-state index contributed by atoms with van der Waals surface area (Å²) in [4.78, 5) is 196. The number of nitrogens with zero attached hydrogens (tertiary/aromatic N) is 8. The lowest BCUT2D eigenvalue weighted by atomic mass is 10.1. The van der Waals surface area contributed by atoms with E-state index >= 15 is 4.57 Å². The molecule has 5 aromatic rings. The van der Waals surface area contributed by atoms with Crippen molar-refractivity contribution >= 4 is 99.5 Å². The van der Waals surface area contributed by atoms with Crippen molar-refractivity contribution < 1.29 is 150 Å². The molecule has 0 aliphatic carbocycles. The van der Waals surface area contributed by atoms with Crippen LogP contribution in [0.25, 0.3) is 0 Å². The number of nitrogens with one attached hydrogen (secondary N) is 4. The van der Waals surface area contributed by atoms with E-state index in [1.54, 1.807) is 13.8 Å². The lowest BCUT2D eigenvalue weighted by molar-refractivity contribution is -0.121. The van der Waals surface area contributed by atoms with Crippen LogP contribution in [-0.2, 0) is 168 Å². The molecular weight excluding hydrogens is 2010 g/mol. The smallest absolute Gasteiger partial charge is 0.387 e. The Morgan fingerprint density at radius 3 is 1.22 bits per heavy atom. The first-order valence-electron chi connectivity index (χ1n) is 42.1. The molecule has 6 saturated heterocycles. The van der Waals surface area contributed by atoms with Crippen LogP contribution in [0.5, 0.6) is 0 Å². The second-order valence-electron chi connectivity index (χ2n) is 32.1. The number of hydrogen-bond donors (Lipinski definition) is 12. The molecule has 63 heteroatoms. The molecule has 12 rings (SSSR count). The lowest BCUT2D eigenvalue weighted by Gasteiger charge is -2.35. The molecule has 764 valence electrons. The molecule has 0 bridgehead atoms. The molecule has 7 aliphatic rings. The quantitative estimate of drug-likeness (QED) is 0.0156. The summed E-state index contributed by atoms with van der Waals surface area (Å²) in [6, 6.07) is 0. The maximum absolute atomic E-state index is 15.3. The molecule has 7 aliphatic heterocycles. The van der Waals surface area contributed by atoms with E-state index in [0.29, 0.717) is 12.0 Å². The number of carbonyl (C=O) groups excluding carboxylic acids is 1. The third kappa shape index (κ3) is 27.3. The molecule has 1 amide bonds. The van der Waals surface area contributed by atoms with Crippen molar-refractivity contribution in [1.82, 2.24) is 58.0 Å². The SMILES string of the molecule is C=C1NC(=O)C(C)=CN1[C@@H]1O[C@H](COP(O)(=S)O[C@@H]2C(OCCOC)[C@H](n3cc(C)c(=O)[nH]c3=O)O[C@@H]2COP(O)(=S)O[C@@H]2C(OCCOC)[C@H](n3cc(C)c(N)nc3=O)O[C@@H]2COP(=O)(O)O[C@@H]2C(OCCOC)[C@H](n3cc(C)c(=O)[nH]c3=O)O[C@@H]2COP(O)(=S)O[C@@H]2C[C@H](n3cc(C)c(=O)[nH]c3=O)O[C@@H]2COP(O)(=S)O[C@@H]2C[C@H](n3cc(C)c(N)nc3=O)O[C@@H]2CC)[C@H](O)C1OCCOC. The van der Waals surface area contributed by atoms with Crippen LogP contribution >= 0.6 is 34.7 Å². The van der Waals surface area contributed by atoms with Gasteiger partial charge in [0.25, 0.3) is 22.6 Å². The zero-order chi connectivity index (χ0) is 99.8. The molecule has 0 aromatic carbocycles. The number of amides is 1. The first kappa shape index (κ1) is 110. The number of aliphatic hydroxyl groups excluding tert-OH is 1. The number of nitrogen functional groups attached to an aromatic ring is 2.